The van der Waals surface area contributed by atoms with Gasteiger partial charge in [0.15, 0.2) is 5.41 Å². The van der Waals surface area contributed by atoms with Gasteiger partial charge in [-0.15, -0.1) is 0 Å². The minimum absolute atomic E-state index is 0.337. The molecule has 80 valence electrons. The van der Waals surface area contributed by atoms with Crippen LogP contribution in [0.25, 0.3) is 0 Å². The molecule has 0 amide bonds. The average Bonchev–Trinajstić information content (AvgIpc) is 2.18. The quantitative estimate of drug-likeness (QED) is 0.486. The first kappa shape index (κ1) is 13.0. The molecule has 0 aliphatic heterocycles. The molecule has 3 heteroatoms. The van der Waals surface area contributed by atoms with Gasteiger partial charge in [-0.05, 0) is 20.3 Å². The van der Waals surface area contributed by atoms with Crippen LogP contribution in [0.5, 0.6) is 0 Å². The third kappa shape index (κ3) is 3.78. The number of hydrogen-bond donors (Lipinski definition) is 0. The van der Waals surface area contributed by atoms with Crippen molar-refractivity contribution in [2.24, 2.45) is 5.41 Å². The second-order valence-electron chi connectivity index (χ2n) is 3.62. The first-order valence-corrected chi connectivity index (χ1v) is 5.19. The maximum Gasteiger partial charge on any atom is 0.326 e. The molecule has 0 bridgehead atoms. The van der Waals surface area contributed by atoms with Gasteiger partial charge in [0.05, 0.1) is 12.7 Å². The Kier molecular flexibility index (Phi) is 5.94. The summed E-state index contributed by atoms with van der Waals surface area (Å²) in [5.41, 5.74) is -0.953. The maximum atomic E-state index is 11.4. The highest BCUT2D eigenvalue weighted by atomic mass is 16.5. The lowest BCUT2D eigenvalue weighted by Crippen LogP contribution is -2.28. The normalized spacial score (nSPS) is 14.1. The predicted molar refractivity (Wildman–Crippen MR) is 54.5 cm³/mol. The van der Waals surface area contributed by atoms with Crippen LogP contribution in [-0.4, -0.2) is 12.6 Å². The third-order valence-corrected chi connectivity index (χ3v) is 2.25. The monoisotopic (exact) mass is 197 g/mol. The van der Waals surface area contributed by atoms with Crippen LogP contribution in [0.2, 0.25) is 0 Å². The van der Waals surface area contributed by atoms with Gasteiger partial charge in [-0.2, -0.15) is 5.26 Å². The number of carbonyl (C=O) groups excluding carboxylic acids is 1. The van der Waals surface area contributed by atoms with Crippen LogP contribution in [-0.2, 0) is 9.53 Å². The first-order valence-electron chi connectivity index (χ1n) is 5.19. The van der Waals surface area contributed by atoms with Crippen molar-refractivity contribution < 1.29 is 9.53 Å². The molecule has 0 aromatic rings. The summed E-state index contributed by atoms with van der Waals surface area (Å²) < 4.78 is 4.87. The Bertz CT molecular complexity index is 220. The fraction of sp³-hybridized carbons (Fsp3) is 0.818. The van der Waals surface area contributed by atoms with E-state index in [1.165, 1.54) is 0 Å². The van der Waals surface area contributed by atoms with Crippen molar-refractivity contribution in [2.75, 3.05) is 6.61 Å². The number of ether oxygens (including phenoxy) is 1. The van der Waals surface area contributed by atoms with E-state index in [4.69, 9.17) is 10.00 Å². The van der Waals surface area contributed by atoms with Crippen molar-refractivity contribution in [3.8, 4) is 6.07 Å². The highest BCUT2D eigenvalue weighted by Gasteiger charge is 2.34. The van der Waals surface area contributed by atoms with Gasteiger partial charge in [0.1, 0.15) is 0 Å². The van der Waals surface area contributed by atoms with E-state index < -0.39 is 11.4 Å². The molecule has 0 saturated heterocycles. The van der Waals surface area contributed by atoms with Crippen LogP contribution in [0, 0.1) is 16.7 Å². The molecule has 0 rings (SSSR count). The Balaban J connectivity index is 4.18. The minimum Gasteiger partial charge on any atom is -0.465 e. The molecule has 0 aliphatic rings. The minimum atomic E-state index is -0.953. The van der Waals surface area contributed by atoms with Gasteiger partial charge in [-0.25, -0.2) is 0 Å². The molecule has 0 aromatic carbocycles. The Morgan fingerprint density at radius 3 is 2.50 bits per heavy atom. The summed E-state index contributed by atoms with van der Waals surface area (Å²) >= 11 is 0. The summed E-state index contributed by atoms with van der Waals surface area (Å²) in [5, 5.41) is 8.93. The van der Waals surface area contributed by atoms with Crippen molar-refractivity contribution in [2.45, 2.75) is 46.5 Å². The molecular formula is C11H19NO2. The summed E-state index contributed by atoms with van der Waals surface area (Å²) in [7, 11) is 0. The van der Waals surface area contributed by atoms with E-state index in [-0.39, 0.29) is 0 Å². The van der Waals surface area contributed by atoms with Crippen LogP contribution >= 0.6 is 0 Å². The Morgan fingerprint density at radius 2 is 2.07 bits per heavy atom. The molecule has 0 aromatic heterocycles. The molecule has 0 fully saturated rings. The van der Waals surface area contributed by atoms with Gasteiger partial charge in [0.2, 0.25) is 0 Å². The molecule has 0 aliphatic carbocycles. The highest BCUT2D eigenvalue weighted by molar-refractivity contribution is 5.79. The van der Waals surface area contributed by atoms with E-state index in [1.54, 1.807) is 13.8 Å². The topological polar surface area (TPSA) is 50.1 Å². The second-order valence-corrected chi connectivity index (χ2v) is 3.62. The largest absolute Gasteiger partial charge is 0.465 e. The molecule has 0 N–H and O–H groups in total. The third-order valence-electron chi connectivity index (χ3n) is 2.25. The molecular weight excluding hydrogens is 178 g/mol. The summed E-state index contributed by atoms with van der Waals surface area (Å²) in [6.45, 7) is 5.83. The second kappa shape index (κ2) is 6.42. The zero-order chi connectivity index (χ0) is 11.0. The van der Waals surface area contributed by atoms with E-state index in [1.807, 2.05) is 6.07 Å². The average molecular weight is 197 g/mol. The number of unbranched alkanes of at least 4 members (excludes halogenated alkanes) is 2. The Hall–Kier alpha value is -1.04. The summed E-state index contributed by atoms with van der Waals surface area (Å²) in [4.78, 5) is 11.4. The standard InChI is InChI=1S/C11H19NO2/c1-4-6-7-8-11(3,9-12)10(13)14-5-2/h4-8H2,1-3H3. The van der Waals surface area contributed by atoms with Crippen molar-refractivity contribution in [1.82, 2.24) is 0 Å². The SMILES string of the molecule is CCCCCC(C)(C#N)C(=O)OCC. The van der Waals surface area contributed by atoms with Crippen LogP contribution in [0.15, 0.2) is 0 Å². The van der Waals surface area contributed by atoms with Crippen molar-refractivity contribution in [3.05, 3.63) is 0 Å². The predicted octanol–water partition coefficient (Wildman–Crippen LogP) is 2.66. The van der Waals surface area contributed by atoms with Crippen molar-refractivity contribution in [1.29, 1.82) is 5.26 Å². The highest BCUT2D eigenvalue weighted by Crippen LogP contribution is 2.25. The molecule has 1 unspecified atom stereocenters. The van der Waals surface area contributed by atoms with E-state index >= 15 is 0 Å². The molecule has 0 saturated carbocycles. The van der Waals surface area contributed by atoms with E-state index in [0.29, 0.717) is 13.0 Å². The zero-order valence-electron chi connectivity index (χ0n) is 9.30. The molecule has 0 radical (unpaired) electrons. The van der Waals surface area contributed by atoms with Gasteiger partial charge in [0.25, 0.3) is 0 Å². The lowest BCUT2D eigenvalue weighted by atomic mass is 9.86. The van der Waals surface area contributed by atoms with Crippen LogP contribution in [0.3, 0.4) is 0 Å². The van der Waals surface area contributed by atoms with E-state index in [2.05, 4.69) is 6.92 Å². The lowest BCUT2D eigenvalue weighted by Gasteiger charge is -2.18. The number of carbonyl (C=O) groups is 1. The zero-order valence-corrected chi connectivity index (χ0v) is 9.30. The number of hydrogen-bond acceptors (Lipinski definition) is 3. The lowest BCUT2D eigenvalue weighted by molar-refractivity contribution is -0.151. The van der Waals surface area contributed by atoms with Gasteiger partial charge in [0, 0.05) is 0 Å². The van der Waals surface area contributed by atoms with Crippen LogP contribution in [0.4, 0.5) is 0 Å². The molecule has 0 spiro atoms. The van der Waals surface area contributed by atoms with Crippen molar-refractivity contribution >= 4 is 5.97 Å². The fourth-order valence-corrected chi connectivity index (χ4v) is 1.22. The molecule has 14 heavy (non-hydrogen) atoms. The van der Waals surface area contributed by atoms with Gasteiger partial charge in [-0.3, -0.25) is 4.79 Å². The summed E-state index contributed by atoms with van der Waals surface area (Å²) in [6, 6.07) is 2.05. The van der Waals surface area contributed by atoms with Gasteiger partial charge in [-0.1, -0.05) is 26.2 Å². The molecule has 0 heterocycles. The van der Waals surface area contributed by atoms with Crippen molar-refractivity contribution in [3.63, 3.8) is 0 Å². The van der Waals surface area contributed by atoms with Gasteiger partial charge < -0.3 is 4.74 Å². The molecule has 3 nitrogen and oxygen atoms in total. The van der Waals surface area contributed by atoms with E-state index in [9.17, 15) is 4.79 Å². The van der Waals surface area contributed by atoms with E-state index in [0.717, 1.165) is 19.3 Å². The molecule has 1 atom stereocenters. The smallest absolute Gasteiger partial charge is 0.326 e. The number of esters is 1. The first-order chi connectivity index (χ1) is 6.60. The number of nitriles is 1. The van der Waals surface area contributed by atoms with Crippen LogP contribution in [0.1, 0.15) is 46.5 Å². The Morgan fingerprint density at radius 1 is 1.43 bits per heavy atom. The maximum absolute atomic E-state index is 11.4. The number of nitrogens with zero attached hydrogens (tertiary/aromatic N) is 1. The van der Waals surface area contributed by atoms with Crippen LogP contribution < -0.4 is 0 Å². The van der Waals surface area contributed by atoms with Gasteiger partial charge >= 0.3 is 5.97 Å². The summed E-state index contributed by atoms with van der Waals surface area (Å²) in [5.74, 6) is -0.390. The number of rotatable bonds is 6. The summed E-state index contributed by atoms with van der Waals surface area (Å²) in [6.07, 6.45) is 3.64. The Labute approximate surface area is 86.1 Å². The fourth-order valence-electron chi connectivity index (χ4n) is 1.22.